The van der Waals surface area contributed by atoms with Crippen molar-refractivity contribution in [2.75, 3.05) is 22.1 Å². The van der Waals surface area contributed by atoms with Gasteiger partial charge in [0, 0.05) is 11.4 Å². The largest absolute Gasteiger partial charge is 0.457 e. The first-order valence-corrected chi connectivity index (χ1v) is 10.9. The number of rotatable bonds is 9. The molecule has 0 fully saturated rings. The van der Waals surface area contributed by atoms with Crippen LogP contribution >= 0.6 is 11.8 Å². The average Bonchev–Trinajstić information content (AvgIpc) is 2.76. The van der Waals surface area contributed by atoms with Crippen molar-refractivity contribution in [3.63, 3.8) is 0 Å². The number of anilines is 2. The van der Waals surface area contributed by atoms with Gasteiger partial charge in [0.15, 0.2) is 0 Å². The molecule has 0 saturated heterocycles. The molecule has 0 atom stereocenters. The van der Waals surface area contributed by atoms with Gasteiger partial charge in [0.2, 0.25) is 11.8 Å². The number of nitrogens with one attached hydrogen (secondary N) is 2. The molecule has 5 nitrogen and oxygen atoms in total. The Morgan fingerprint density at radius 3 is 1.77 bits per heavy atom. The zero-order valence-electron chi connectivity index (χ0n) is 16.8. The smallest absolute Gasteiger partial charge is 0.234 e. The number of thioether (sulfide) groups is 1. The minimum atomic E-state index is -0.156. The second kappa shape index (κ2) is 11.1. The molecule has 0 aromatic heterocycles. The molecule has 0 heterocycles. The molecule has 3 rings (SSSR count). The maximum Gasteiger partial charge on any atom is 0.234 e. The van der Waals surface area contributed by atoms with Gasteiger partial charge in [-0.1, -0.05) is 37.3 Å². The highest BCUT2D eigenvalue weighted by Gasteiger charge is 2.07. The zero-order valence-corrected chi connectivity index (χ0v) is 17.6. The Bertz CT molecular complexity index is 958. The van der Waals surface area contributed by atoms with Gasteiger partial charge in [0.05, 0.1) is 11.5 Å². The third-order valence-electron chi connectivity index (χ3n) is 4.23. The van der Waals surface area contributed by atoms with Crippen molar-refractivity contribution in [1.29, 1.82) is 0 Å². The molecule has 3 aromatic carbocycles. The van der Waals surface area contributed by atoms with E-state index < -0.39 is 0 Å². The number of carbonyl (C=O) groups is 2. The van der Waals surface area contributed by atoms with E-state index in [1.165, 1.54) is 17.3 Å². The molecule has 0 aliphatic heterocycles. The summed E-state index contributed by atoms with van der Waals surface area (Å²) in [6.07, 6.45) is 0.960. The first-order chi connectivity index (χ1) is 14.6. The Kier molecular flexibility index (Phi) is 7.92. The third-order valence-corrected chi connectivity index (χ3v) is 5.16. The highest BCUT2D eigenvalue weighted by atomic mass is 32.2. The minimum Gasteiger partial charge on any atom is -0.457 e. The Morgan fingerprint density at radius 1 is 0.733 bits per heavy atom. The normalized spacial score (nSPS) is 10.3. The van der Waals surface area contributed by atoms with E-state index in [9.17, 15) is 9.59 Å². The van der Waals surface area contributed by atoms with E-state index >= 15 is 0 Å². The summed E-state index contributed by atoms with van der Waals surface area (Å²) in [6, 6.07) is 24.4. The summed E-state index contributed by atoms with van der Waals surface area (Å²) < 4.78 is 5.73. The second-order valence-corrected chi connectivity index (χ2v) is 7.56. The summed E-state index contributed by atoms with van der Waals surface area (Å²) in [6.45, 7) is 2.09. The van der Waals surface area contributed by atoms with Gasteiger partial charge < -0.3 is 15.4 Å². The number of carbonyl (C=O) groups excluding carboxylic acids is 2. The van der Waals surface area contributed by atoms with Crippen LogP contribution < -0.4 is 15.4 Å². The SMILES string of the molecule is CCc1ccc(NC(=O)CSCC(=O)Nc2ccc(Oc3ccccc3)cc2)cc1. The molecule has 30 heavy (non-hydrogen) atoms. The molecular formula is C24H24N2O3S. The average molecular weight is 421 g/mol. The van der Waals surface area contributed by atoms with Crippen molar-refractivity contribution in [2.24, 2.45) is 0 Å². The van der Waals surface area contributed by atoms with Crippen LogP contribution in [0, 0.1) is 0 Å². The lowest BCUT2D eigenvalue weighted by atomic mass is 10.1. The van der Waals surface area contributed by atoms with Crippen LogP contribution in [0.25, 0.3) is 0 Å². The highest BCUT2D eigenvalue weighted by molar-refractivity contribution is 8.00. The molecule has 0 saturated carbocycles. The number of para-hydroxylation sites is 1. The fraction of sp³-hybridized carbons (Fsp3) is 0.167. The lowest BCUT2D eigenvalue weighted by Crippen LogP contribution is -2.18. The first-order valence-electron chi connectivity index (χ1n) is 9.72. The van der Waals surface area contributed by atoms with Crippen molar-refractivity contribution >= 4 is 35.0 Å². The number of hydrogen-bond acceptors (Lipinski definition) is 4. The predicted molar refractivity (Wildman–Crippen MR) is 123 cm³/mol. The maximum atomic E-state index is 12.1. The molecule has 154 valence electrons. The van der Waals surface area contributed by atoms with Crippen LogP contribution in [0.1, 0.15) is 12.5 Å². The van der Waals surface area contributed by atoms with Crippen LogP contribution in [0.5, 0.6) is 11.5 Å². The van der Waals surface area contributed by atoms with Gasteiger partial charge in [-0.05, 0) is 60.5 Å². The summed E-state index contributed by atoms with van der Waals surface area (Å²) >= 11 is 1.27. The van der Waals surface area contributed by atoms with Crippen LogP contribution in [-0.4, -0.2) is 23.3 Å². The summed E-state index contributed by atoms with van der Waals surface area (Å²) in [4.78, 5) is 24.1. The molecule has 3 aromatic rings. The maximum absolute atomic E-state index is 12.1. The van der Waals surface area contributed by atoms with E-state index in [0.717, 1.165) is 17.9 Å². The van der Waals surface area contributed by atoms with Crippen molar-refractivity contribution in [3.05, 3.63) is 84.4 Å². The van der Waals surface area contributed by atoms with E-state index in [1.807, 2.05) is 54.6 Å². The van der Waals surface area contributed by atoms with Gasteiger partial charge in [0.25, 0.3) is 0 Å². The molecule has 0 bridgehead atoms. The Balaban J connectivity index is 1.38. The highest BCUT2D eigenvalue weighted by Crippen LogP contribution is 2.22. The van der Waals surface area contributed by atoms with Gasteiger partial charge >= 0.3 is 0 Å². The molecule has 0 aliphatic carbocycles. The van der Waals surface area contributed by atoms with Crippen molar-refractivity contribution in [1.82, 2.24) is 0 Å². The lowest BCUT2D eigenvalue weighted by molar-refractivity contribution is -0.114. The molecule has 6 heteroatoms. The fourth-order valence-corrected chi connectivity index (χ4v) is 3.30. The van der Waals surface area contributed by atoms with E-state index in [-0.39, 0.29) is 23.3 Å². The molecule has 2 amide bonds. The summed E-state index contributed by atoms with van der Waals surface area (Å²) in [5.74, 6) is 1.58. The lowest BCUT2D eigenvalue weighted by Gasteiger charge is -2.08. The fourth-order valence-electron chi connectivity index (χ4n) is 2.69. The molecule has 0 unspecified atom stereocenters. The summed E-state index contributed by atoms with van der Waals surface area (Å²) in [7, 11) is 0. The van der Waals surface area contributed by atoms with Gasteiger partial charge in [-0.3, -0.25) is 9.59 Å². The number of hydrogen-bond donors (Lipinski definition) is 2. The molecule has 2 N–H and O–H groups in total. The number of benzene rings is 3. The predicted octanol–water partition coefficient (Wildman–Crippen LogP) is 5.35. The summed E-state index contributed by atoms with van der Waals surface area (Å²) in [5, 5.41) is 5.66. The van der Waals surface area contributed by atoms with Gasteiger partial charge in [-0.25, -0.2) is 0 Å². The molecule has 0 radical (unpaired) electrons. The Hall–Kier alpha value is -3.25. The number of ether oxygens (including phenoxy) is 1. The van der Waals surface area contributed by atoms with Crippen LogP contribution in [-0.2, 0) is 16.0 Å². The van der Waals surface area contributed by atoms with Gasteiger partial charge in [-0.2, -0.15) is 0 Å². The monoisotopic (exact) mass is 420 g/mol. The third kappa shape index (κ3) is 6.97. The van der Waals surface area contributed by atoms with E-state index in [2.05, 4.69) is 17.6 Å². The van der Waals surface area contributed by atoms with Crippen LogP contribution in [0.15, 0.2) is 78.9 Å². The minimum absolute atomic E-state index is 0.125. The van der Waals surface area contributed by atoms with E-state index in [1.54, 1.807) is 24.3 Å². The van der Waals surface area contributed by atoms with Crippen molar-refractivity contribution in [3.8, 4) is 11.5 Å². The second-order valence-electron chi connectivity index (χ2n) is 6.58. The quantitative estimate of drug-likeness (QED) is 0.490. The van der Waals surface area contributed by atoms with E-state index in [0.29, 0.717) is 11.4 Å². The molecule has 0 aliphatic rings. The standard InChI is InChI=1S/C24H24N2O3S/c1-2-18-8-10-19(11-9-18)25-23(27)16-30-17-24(28)26-20-12-14-22(15-13-20)29-21-6-4-3-5-7-21/h3-15H,2,16-17H2,1H3,(H,25,27)(H,26,28). The number of aryl methyl sites for hydroxylation is 1. The van der Waals surface area contributed by atoms with Gasteiger partial charge in [0.1, 0.15) is 11.5 Å². The topological polar surface area (TPSA) is 67.4 Å². The first kappa shape index (κ1) is 21.5. The van der Waals surface area contributed by atoms with Crippen LogP contribution in [0.2, 0.25) is 0 Å². The summed E-state index contributed by atoms with van der Waals surface area (Å²) in [5.41, 5.74) is 2.67. The Morgan fingerprint density at radius 2 is 1.23 bits per heavy atom. The van der Waals surface area contributed by atoms with Crippen LogP contribution in [0.4, 0.5) is 11.4 Å². The van der Waals surface area contributed by atoms with Gasteiger partial charge in [-0.15, -0.1) is 11.8 Å². The molecular weight excluding hydrogens is 396 g/mol. The zero-order chi connectivity index (χ0) is 21.2. The molecule has 0 spiro atoms. The van der Waals surface area contributed by atoms with E-state index in [4.69, 9.17) is 4.74 Å². The van der Waals surface area contributed by atoms with Crippen LogP contribution in [0.3, 0.4) is 0 Å². The number of amides is 2. The van der Waals surface area contributed by atoms with Crippen molar-refractivity contribution < 1.29 is 14.3 Å². The Labute approximate surface area is 180 Å². The van der Waals surface area contributed by atoms with Crippen molar-refractivity contribution in [2.45, 2.75) is 13.3 Å².